The van der Waals surface area contributed by atoms with Gasteiger partial charge in [0.25, 0.3) is 0 Å². The lowest BCUT2D eigenvalue weighted by atomic mass is 10.2. The van der Waals surface area contributed by atoms with Crippen molar-refractivity contribution in [2.24, 2.45) is 0 Å². The molecule has 0 spiro atoms. The van der Waals surface area contributed by atoms with Gasteiger partial charge in [0.05, 0.1) is 11.4 Å². The number of nitrogens with two attached hydrogens (primary N) is 1. The van der Waals surface area contributed by atoms with Gasteiger partial charge in [0, 0.05) is 18.0 Å². The molecule has 3 aromatic rings. The van der Waals surface area contributed by atoms with Crippen molar-refractivity contribution >= 4 is 5.69 Å². The van der Waals surface area contributed by atoms with Crippen LogP contribution in [0.1, 0.15) is 5.69 Å². The Bertz CT molecular complexity index is 766. The van der Waals surface area contributed by atoms with Gasteiger partial charge in [-0.15, -0.1) is 0 Å². The summed E-state index contributed by atoms with van der Waals surface area (Å²) in [4.78, 5) is 4.24. The molecule has 5 nitrogen and oxygen atoms in total. The summed E-state index contributed by atoms with van der Waals surface area (Å²) in [6, 6.07) is 16.6. The van der Waals surface area contributed by atoms with Gasteiger partial charge >= 0.3 is 0 Å². The average molecular weight is 261 g/mol. The zero-order valence-corrected chi connectivity index (χ0v) is 10.6. The Morgan fingerprint density at radius 1 is 1.05 bits per heavy atom. The summed E-state index contributed by atoms with van der Waals surface area (Å²) in [6.07, 6.45) is 1.70. The molecule has 0 atom stereocenters. The Morgan fingerprint density at radius 3 is 2.50 bits per heavy atom. The van der Waals surface area contributed by atoms with Crippen molar-refractivity contribution in [3.8, 4) is 23.1 Å². The second-order valence-corrected chi connectivity index (χ2v) is 4.24. The molecule has 96 valence electrons. The molecule has 0 saturated carbocycles. The van der Waals surface area contributed by atoms with Crippen LogP contribution >= 0.6 is 0 Å². The summed E-state index contributed by atoms with van der Waals surface area (Å²) in [5.74, 6) is 0. The highest BCUT2D eigenvalue weighted by Crippen LogP contribution is 2.20. The van der Waals surface area contributed by atoms with E-state index in [4.69, 9.17) is 5.73 Å². The molecule has 0 aliphatic heterocycles. The molecule has 20 heavy (non-hydrogen) atoms. The predicted octanol–water partition coefficient (Wildman–Crippen LogP) is 2.39. The van der Waals surface area contributed by atoms with Crippen molar-refractivity contribution in [3.63, 3.8) is 0 Å². The van der Waals surface area contributed by atoms with Crippen molar-refractivity contribution in [3.05, 3.63) is 60.4 Å². The molecule has 2 heterocycles. The molecule has 0 fully saturated rings. The molecular weight excluding hydrogens is 250 g/mol. The standard InChI is InChI=1S/C15H11N5/c16-10-13-9-15(14-3-1-2-8-18-14)19-20(13)12-6-4-11(17)5-7-12/h1-9H,17H2. The average Bonchev–Trinajstić information content (AvgIpc) is 2.93. The van der Waals surface area contributed by atoms with E-state index in [0.717, 1.165) is 11.4 Å². The fourth-order valence-corrected chi connectivity index (χ4v) is 1.91. The topological polar surface area (TPSA) is 80.5 Å². The zero-order valence-electron chi connectivity index (χ0n) is 10.6. The maximum absolute atomic E-state index is 9.24. The Balaban J connectivity index is 2.11. The molecule has 0 aliphatic carbocycles. The number of nitrogens with zero attached hydrogens (tertiary/aromatic N) is 4. The molecule has 2 aromatic heterocycles. The SMILES string of the molecule is N#Cc1cc(-c2ccccn2)nn1-c1ccc(N)cc1. The highest BCUT2D eigenvalue weighted by atomic mass is 15.3. The minimum absolute atomic E-state index is 0.454. The number of hydrogen-bond acceptors (Lipinski definition) is 4. The van der Waals surface area contributed by atoms with Gasteiger partial charge in [0.15, 0.2) is 0 Å². The summed E-state index contributed by atoms with van der Waals surface area (Å²) in [5, 5.41) is 13.7. The number of nitriles is 1. The third kappa shape index (κ3) is 2.10. The summed E-state index contributed by atoms with van der Waals surface area (Å²) in [5.41, 5.74) is 8.98. The second-order valence-electron chi connectivity index (χ2n) is 4.24. The third-order valence-electron chi connectivity index (χ3n) is 2.89. The maximum atomic E-state index is 9.24. The van der Waals surface area contributed by atoms with Gasteiger partial charge in [-0.1, -0.05) is 6.07 Å². The van der Waals surface area contributed by atoms with Crippen molar-refractivity contribution < 1.29 is 0 Å². The van der Waals surface area contributed by atoms with Gasteiger partial charge < -0.3 is 5.73 Å². The molecule has 2 N–H and O–H groups in total. The molecule has 3 rings (SSSR count). The van der Waals surface area contributed by atoms with Crippen LogP contribution < -0.4 is 5.73 Å². The van der Waals surface area contributed by atoms with Crippen molar-refractivity contribution in [1.29, 1.82) is 5.26 Å². The third-order valence-corrected chi connectivity index (χ3v) is 2.89. The Hall–Kier alpha value is -3.13. The Kier molecular flexibility index (Phi) is 2.90. The van der Waals surface area contributed by atoms with Crippen LogP contribution in [-0.4, -0.2) is 14.8 Å². The van der Waals surface area contributed by atoms with Gasteiger partial charge in [-0.05, 0) is 36.4 Å². The number of nitrogen functional groups attached to an aromatic ring is 1. The number of hydrogen-bond donors (Lipinski definition) is 1. The van der Waals surface area contributed by atoms with Crippen molar-refractivity contribution in [2.75, 3.05) is 5.73 Å². The zero-order chi connectivity index (χ0) is 13.9. The van der Waals surface area contributed by atoms with Crippen molar-refractivity contribution in [2.45, 2.75) is 0 Å². The maximum Gasteiger partial charge on any atom is 0.145 e. The molecule has 1 aromatic carbocycles. The molecule has 0 bridgehead atoms. The normalized spacial score (nSPS) is 10.2. The van der Waals surface area contributed by atoms with Crippen LogP contribution in [0.25, 0.3) is 17.1 Å². The Labute approximate surface area is 115 Å². The van der Waals surface area contributed by atoms with E-state index in [1.54, 1.807) is 29.1 Å². The summed E-state index contributed by atoms with van der Waals surface area (Å²) in [6.45, 7) is 0. The highest BCUT2D eigenvalue weighted by molar-refractivity contribution is 5.57. The number of anilines is 1. The Morgan fingerprint density at radius 2 is 1.85 bits per heavy atom. The van der Waals surface area contributed by atoms with Gasteiger partial charge in [0.2, 0.25) is 0 Å². The lowest BCUT2D eigenvalue weighted by Crippen LogP contribution is -1.99. The van der Waals surface area contributed by atoms with Crippen LogP contribution in [0, 0.1) is 11.3 Å². The summed E-state index contributed by atoms with van der Waals surface area (Å²) >= 11 is 0. The van der Waals surface area contributed by atoms with Crippen LogP contribution in [0.5, 0.6) is 0 Å². The first-order valence-corrected chi connectivity index (χ1v) is 6.05. The van der Waals surface area contributed by atoms with Crippen LogP contribution in [-0.2, 0) is 0 Å². The van der Waals surface area contributed by atoms with E-state index in [1.165, 1.54) is 0 Å². The quantitative estimate of drug-likeness (QED) is 0.718. The van der Waals surface area contributed by atoms with Crippen LogP contribution in [0.2, 0.25) is 0 Å². The fourth-order valence-electron chi connectivity index (χ4n) is 1.91. The second kappa shape index (κ2) is 4.86. The molecule has 0 aliphatic rings. The monoisotopic (exact) mass is 261 g/mol. The van der Waals surface area contributed by atoms with Crippen LogP contribution in [0.4, 0.5) is 5.69 Å². The molecule has 0 amide bonds. The van der Waals surface area contributed by atoms with E-state index in [1.807, 2.05) is 30.3 Å². The first kappa shape index (κ1) is 11.9. The number of benzene rings is 1. The smallest absolute Gasteiger partial charge is 0.145 e. The summed E-state index contributed by atoms with van der Waals surface area (Å²) < 4.78 is 1.59. The lowest BCUT2D eigenvalue weighted by molar-refractivity contribution is 0.868. The van der Waals surface area contributed by atoms with Gasteiger partial charge in [0.1, 0.15) is 17.5 Å². The summed E-state index contributed by atoms with van der Waals surface area (Å²) in [7, 11) is 0. The van der Waals surface area contributed by atoms with Gasteiger partial charge in [-0.2, -0.15) is 10.4 Å². The van der Waals surface area contributed by atoms with Crippen molar-refractivity contribution in [1.82, 2.24) is 14.8 Å². The molecule has 0 radical (unpaired) electrons. The lowest BCUT2D eigenvalue weighted by Gasteiger charge is -2.02. The van der Waals surface area contributed by atoms with Gasteiger partial charge in [-0.3, -0.25) is 4.98 Å². The largest absolute Gasteiger partial charge is 0.399 e. The van der Waals surface area contributed by atoms with E-state index in [9.17, 15) is 5.26 Å². The van der Waals surface area contributed by atoms with Gasteiger partial charge in [-0.25, -0.2) is 4.68 Å². The first-order chi connectivity index (χ1) is 9.78. The van der Waals surface area contributed by atoms with E-state index >= 15 is 0 Å². The number of pyridine rings is 1. The molecular formula is C15H11N5. The van der Waals surface area contributed by atoms with Crippen LogP contribution in [0.3, 0.4) is 0 Å². The molecule has 0 unspecified atom stereocenters. The van der Waals surface area contributed by atoms with E-state index < -0.39 is 0 Å². The first-order valence-electron chi connectivity index (χ1n) is 6.05. The predicted molar refractivity (Wildman–Crippen MR) is 75.9 cm³/mol. The fraction of sp³-hybridized carbons (Fsp3) is 0. The number of aromatic nitrogens is 3. The molecule has 5 heteroatoms. The van der Waals surface area contributed by atoms with E-state index in [-0.39, 0.29) is 0 Å². The highest BCUT2D eigenvalue weighted by Gasteiger charge is 2.11. The number of rotatable bonds is 2. The minimum Gasteiger partial charge on any atom is -0.399 e. The van der Waals surface area contributed by atoms with Crippen LogP contribution in [0.15, 0.2) is 54.7 Å². The minimum atomic E-state index is 0.454. The molecule has 0 saturated heterocycles. The van der Waals surface area contributed by atoms with E-state index in [0.29, 0.717) is 17.1 Å². The van der Waals surface area contributed by atoms with E-state index in [2.05, 4.69) is 16.2 Å².